The number of unbranched alkanes of at least 4 members (excludes halogenated alkanes) is 2. The highest BCUT2D eigenvalue weighted by atomic mass is 16.4. The molecule has 1 aromatic rings. The van der Waals surface area contributed by atoms with E-state index in [9.17, 15) is 4.79 Å². The minimum Gasteiger partial charge on any atom is -0.478 e. The minimum atomic E-state index is -0.954. The van der Waals surface area contributed by atoms with Gasteiger partial charge in [-0.3, -0.25) is 0 Å². The molecule has 82 valence electrons. The number of carbonyl (C=O) groups is 1. The van der Waals surface area contributed by atoms with Gasteiger partial charge >= 0.3 is 5.97 Å². The van der Waals surface area contributed by atoms with Gasteiger partial charge in [0.1, 0.15) is 0 Å². The summed E-state index contributed by atoms with van der Waals surface area (Å²) >= 11 is 0. The molecule has 15 heavy (non-hydrogen) atoms. The van der Waals surface area contributed by atoms with E-state index in [2.05, 4.69) is 6.92 Å². The number of nitrogens with two attached hydrogens (primary N) is 1. The van der Waals surface area contributed by atoms with Crippen molar-refractivity contribution >= 4 is 11.7 Å². The maximum Gasteiger partial charge on any atom is 0.337 e. The Hall–Kier alpha value is -1.51. The Morgan fingerprint density at radius 1 is 1.40 bits per heavy atom. The van der Waals surface area contributed by atoms with Crippen molar-refractivity contribution in [3.63, 3.8) is 0 Å². The Morgan fingerprint density at radius 3 is 2.73 bits per heavy atom. The van der Waals surface area contributed by atoms with E-state index < -0.39 is 5.97 Å². The molecule has 0 aliphatic rings. The Morgan fingerprint density at radius 2 is 2.13 bits per heavy atom. The smallest absolute Gasteiger partial charge is 0.337 e. The predicted octanol–water partition coefficient (Wildman–Crippen LogP) is 2.70. The van der Waals surface area contributed by atoms with Crippen LogP contribution < -0.4 is 5.73 Å². The third-order valence-corrected chi connectivity index (χ3v) is 2.42. The molecule has 0 amide bonds. The van der Waals surface area contributed by atoms with Crippen LogP contribution in [0.15, 0.2) is 18.2 Å². The molecule has 3 heteroatoms. The van der Waals surface area contributed by atoms with E-state index in [0.29, 0.717) is 5.69 Å². The number of aryl methyl sites for hydroxylation is 1. The average Bonchev–Trinajstić information content (AvgIpc) is 2.20. The first-order chi connectivity index (χ1) is 7.15. The van der Waals surface area contributed by atoms with E-state index >= 15 is 0 Å². The van der Waals surface area contributed by atoms with E-state index in [4.69, 9.17) is 10.8 Å². The zero-order valence-corrected chi connectivity index (χ0v) is 8.99. The first-order valence-electron chi connectivity index (χ1n) is 5.27. The van der Waals surface area contributed by atoms with Crippen LogP contribution in [0.1, 0.15) is 42.1 Å². The fraction of sp³-hybridized carbons (Fsp3) is 0.417. The number of anilines is 1. The van der Waals surface area contributed by atoms with E-state index in [1.54, 1.807) is 12.1 Å². The van der Waals surface area contributed by atoms with Gasteiger partial charge in [-0.25, -0.2) is 4.79 Å². The molecule has 0 unspecified atom stereocenters. The van der Waals surface area contributed by atoms with Gasteiger partial charge in [-0.05, 0) is 30.5 Å². The monoisotopic (exact) mass is 207 g/mol. The Kier molecular flexibility index (Phi) is 4.16. The molecule has 1 aromatic carbocycles. The molecular weight excluding hydrogens is 190 g/mol. The van der Waals surface area contributed by atoms with Crippen molar-refractivity contribution in [2.24, 2.45) is 0 Å². The molecule has 3 nitrogen and oxygen atoms in total. The second kappa shape index (κ2) is 5.39. The van der Waals surface area contributed by atoms with Gasteiger partial charge in [-0.2, -0.15) is 0 Å². The molecule has 0 aliphatic heterocycles. The van der Waals surface area contributed by atoms with Crippen molar-refractivity contribution in [3.05, 3.63) is 29.3 Å². The predicted molar refractivity (Wildman–Crippen MR) is 61.0 cm³/mol. The van der Waals surface area contributed by atoms with Gasteiger partial charge in [-0.15, -0.1) is 0 Å². The van der Waals surface area contributed by atoms with E-state index in [1.807, 2.05) is 6.07 Å². The van der Waals surface area contributed by atoms with Crippen LogP contribution in [0.3, 0.4) is 0 Å². The maximum absolute atomic E-state index is 10.8. The summed E-state index contributed by atoms with van der Waals surface area (Å²) in [5.74, 6) is -0.954. The van der Waals surface area contributed by atoms with Crippen molar-refractivity contribution in [2.75, 3.05) is 5.73 Å². The molecule has 0 saturated heterocycles. The summed E-state index contributed by atoms with van der Waals surface area (Å²) in [5.41, 5.74) is 7.16. The summed E-state index contributed by atoms with van der Waals surface area (Å²) in [4.78, 5) is 10.8. The maximum atomic E-state index is 10.8. The third kappa shape index (κ3) is 3.27. The molecule has 0 atom stereocenters. The number of benzene rings is 1. The van der Waals surface area contributed by atoms with Gasteiger partial charge in [0.15, 0.2) is 0 Å². The summed E-state index contributed by atoms with van der Waals surface area (Å²) in [7, 11) is 0. The quantitative estimate of drug-likeness (QED) is 0.576. The van der Waals surface area contributed by atoms with Gasteiger partial charge < -0.3 is 10.8 Å². The van der Waals surface area contributed by atoms with Crippen LogP contribution in [0.4, 0.5) is 5.69 Å². The number of rotatable bonds is 5. The number of carboxylic acids is 1. The lowest BCUT2D eigenvalue weighted by Gasteiger charge is -2.04. The Labute approximate surface area is 89.9 Å². The lowest BCUT2D eigenvalue weighted by atomic mass is 10.0. The van der Waals surface area contributed by atoms with Crippen molar-refractivity contribution in [2.45, 2.75) is 32.6 Å². The molecule has 0 aliphatic carbocycles. The van der Waals surface area contributed by atoms with Crippen molar-refractivity contribution < 1.29 is 9.90 Å². The molecule has 3 N–H and O–H groups in total. The van der Waals surface area contributed by atoms with E-state index in [-0.39, 0.29) is 5.56 Å². The van der Waals surface area contributed by atoms with Crippen molar-refractivity contribution in [3.8, 4) is 0 Å². The van der Waals surface area contributed by atoms with Crippen LogP contribution >= 0.6 is 0 Å². The third-order valence-electron chi connectivity index (χ3n) is 2.42. The highest BCUT2D eigenvalue weighted by Gasteiger charge is 2.07. The van der Waals surface area contributed by atoms with Crippen molar-refractivity contribution in [1.29, 1.82) is 0 Å². The summed E-state index contributed by atoms with van der Waals surface area (Å²) < 4.78 is 0. The minimum absolute atomic E-state index is 0.212. The molecule has 0 fully saturated rings. The van der Waals surface area contributed by atoms with Crippen LogP contribution in [0.25, 0.3) is 0 Å². The molecular formula is C12H17NO2. The van der Waals surface area contributed by atoms with Gasteiger partial charge in [-0.1, -0.05) is 25.8 Å². The average molecular weight is 207 g/mol. The van der Waals surface area contributed by atoms with Crippen LogP contribution in [0, 0.1) is 0 Å². The normalized spacial score (nSPS) is 10.2. The van der Waals surface area contributed by atoms with Crippen LogP contribution in [-0.2, 0) is 6.42 Å². The van der Waals surface area contributed by atoms with Gasteiger partial charge in [0.25, 0.3) is 0 Å². The summed E-state index contributed by atoms with van der Waals surface area (Å²) in [6.45, 7) is 2.14. The summed E-state index contributed by atoms with van der Waals surface area (Å²) in [6, 6.07) is 5.25. The zero-order chi connectivity index (χ0) is 11.3. The molecule has 0 bridgehead atoms. The van der Waals surface area contributed by atoms with E-state index in [1.165, 1.54) is 12.8 Å². The Bertz CT molecular complexity index is 347. The molecule has 0 spiro atoms. The molecule has 0 radical (unpaired) electrons. The van der Waals surface area contributed by atoms with Gasteiger partial charge in [0.05, 0.1) is 5.56 Å². The van der Waals surface area contributed by atoms with Crippen LogP contribution in [0.2, 0.25) is 0 Å². The second-order valence-electron chi connectivity index (χ2n) is 3.68. The lowest BCUT2D eigenvalue weighted by molar-refractivity contribution is 0.0698. The SMILES string of the molecule is CCCCCc1ccc(N)c(C(=O)O)c1. The first kappa shape index (κ1) is 11.6. The lowest BCUT2D eigenvalue weighted by Crippen LogP contribution is -2.03. The van der Waals surface area contributed by atoms with Gasteiger partial charge in [0.2, 0.25) is 0 Å². The molecule has 0 heterocycles. The van der Waals surface area contributed by atoms with E-state index in [0.717, 1.165) is 18.4 Å². The highest BCUT2D eigenvalue weighted by molar-refractivity contribution is 5.93. The number of nitrogen functional groups attached to an aromatic ring is 1. The summed E-state index contributed by atoms with van der Waals surface area (Å²) in [6.07, 6.45) is 4.36. The van der Waals surface area contributed by atoms with Gasteiger partial charge in [0, 0.05) is 5.69 Å². The number of carboxylic acid groups (broad SMARTS) is 1. The first-order valence-corrected chi connectivity index (χ1v) is 5.27. The summed E-state index contributed by atoms with van der Waals surface area (Å²) in [5, 5.41) is 8.88. The fourth-order valence-electron chi connectivity index (χ4n) is 1.52. The van der Waals surface area contributed by atoms with Crippen molar-refractivity contribution in [1.82, 2.24) is 0 Å². The molecule has 1 rings (SSSR count). The Balaban J connectivity index is 2.74. The number of hydrogen-bond acceptors (Lipinski definition) is 2. The second-order valence-corrected chi connectivity index (χ2v) is 3.68. The molecule has 0 aromatic heterocycles. The topological polar surface area (TPSA) is 63.3 Å². The zero-order valence-electron chi connectivity index (χ0n) is 8.99. The van der Waals surface area contributed by atoms with Crippen LogP contribution in [0.5, 0.6) is 0 Å². The largest absolute Gasteiger partial charge is 0.478 e. The number of hydrogen-bond donors (Lipinski definition) is 2. The highest BCUT2D eigenvalue weighted by Crippen LogP contribution is 2.16. The fourth-order valence-corrected chi connectivity index (χ4v) is 1.52. The molecule has 0 saturated carbocycles. The van der Waals surface area contributed by atoms with Crippen LogP contribution in [-0.4, -0.2) is 11.1 Å². The number of aromatic carboxylic acids is 1. The standard InChI is InChI=1S/C12H17NO2/c1-2-3-4-5-9-6-7-11(13)10(8-9)12(14)15/h6-8H,2-5,13H2,1H3,(H,14,15).